The third-order valence-corrected chi connectivity index (χ3v) is 5.42. The van der Waals surface area contributed by atoms with E-state index in [1.54, 1.807) is 55.6 Å². The third kappa shape index (κ3) is 6.61. The van der Waals surface area contributed by atoms with E-state index in [9.17, 15) is 9.59 Å². The molecule has 0 N–H and O–H groups in total. The molecule has 0 saturated carbocycles. The second kappa shape index (κ2) is 12.0. The summed E-state index contributed by atoms with van der Waals surface area (Å²) in [6.45, 7) is 6.38. The van der Waals surface area contributed by atoms with Crippen LogP contribution in [0.2, 0.25) is 0 Å². The Kier molecular flexibility index (Phi) is 9.39. The third-order valence-electron chi connectivity index (χ3n) is 5.42. The van der Waals surface area contributed by atoms with Crippen LogP contribution in [0.4, 0.5) is 0 Å². The van der Waals surface area contributed by atoms with Crippen LogP contribution in [0, 0.1) is 5.92 Å². The molecule has 2 rings (SSSR count). The zero-order chi connectivity index (χ0) is 21.9. The van der Waals surface area contributed by atoms with Crippen LogP contribution in [0.25, 0.3) is 0 Å². The molecule has 0 heterocycles. The molecule has 5 heteroatoms. The summed E-state index contributed by atoms with van der Waals surface area (Å²) in [5, 5.41) is 0. The van der Waals surface area contributed by atoms with Crippen LogP contribution in [-0.4, -0.2) is 25.2 Å². The van der Waals surface area contributed by atoms with Gasteiger partial charge in [0.05, 0.1) is 18.2 Å². The van der Waals surface area contributed by atoms with E-state index in [0.717, 1.165) is 32.1 Å². The topological polar surface area (TPSA) is 61.8 Å². The largest absolute Gasteiger partial charge is 0.497 e. The number of benzene rings is 2. The summed E-state index contributed by atoms with van der Waals surface area (Å²) in [6, 6.07) is 13.3. The molecule has 0 spiro atoms. The van der Waals surface area contributed by atoms with Gasteiger partial charge < -0.3 is 14.2 Å². The molecule has 1 unspecified atom stereocenters. The highest BCUT2D eigenvalue weighted by Crippen LogP contribution is 2.22. The van der Waals surface area contributed by atoms with E-state index >= 15 is 0 Å². The molecule has 0 radical (unpaired) electrons. The van der Waals surface area contributed by atoms with Crippen molar-refractivity contribution in [2.75, 3.05) is 7.11 Å². The predicted molar refractivity (Wildman–Crippen MR) is 117 cm³/mol. The molecule has 0 aliphatic heterocycles. The van der Waals surface area contributed by atoms with Crippen molar-refractivity contribution >= 4 is 11.9 Å². The zero-order valence-corrected chi connectivity index (χ0v) is 18.4. The van der Waals surface area contributed by atoms with Crippen LogP contribution in [-0.2, 0) is 4.74 Å². The molecular weight excluding hydrogens is 380 g/mol. The number of carbonyl (C=O) groups excluding carboxylic acids is 2. The standard InChI is InChI=1S/C25H32O5/c1-5-18(6-2)12-13-19(7-3)29-24(26)22-10-8-9-11-23(22)25(27)30-21-16-14-20(28-4)15-17-21/h8-11,14-19H,5-7,12-13H2,1-4H3. The van der Waals surface area contributed by atoms with Crippen LogP contribution in [0.15, 0.2) is 48.5 Å². The number of methoxy groups -OCH3 is 1. The quantitative estimate of drug-likeness (QED) is 0.331. The average Bonchev–Trinajstić information content (AvgIpc) is 2.79. The molecule has 0 saturated heterocycles. The number of ether oxygens (including phenoxy) is 3. The highest BCUT2D eigenvalue weighted by Gasteiger charge is 2.22. The minimum Gasteiger partial charge on any atom is -0.497 e. The van der Waals surface area contributed by atoms with Gasteiger partial charge in [0.15, 0.2) is 0 Å². The van der Waals surface area contributed by atoms with Gasteiger partial charge in [0.1, 0.15) is 17.6 Å². The molecule has 0 aliphatic rings. The monoisotopic (exact) mass is 412 g/mol. The fourth-order valence-corrected chi connectivity index (χ4v) is 3.32. The molecule has 0 amide bonds. The van der Waals surface area contributed by atoms with Gasteiger partial charge in [-0.15, -0.1) is 0 Å². The molecule has 0 bridgehead atoms. The lowest BCUT2D eigenvalue weighted by Gasteiger charge is -2.20. The second-order valence-electron chi connectivity index (χ2n) is 7.31. The van der Waals surface area contributed by atoms with Gasteiger partial charge in [0.25, 0.3) is 0 Å². The van der Waals surface area contributed by atoms with Crippen molar-refractivity contribution < 1.29 is 23.8 Å². The van der Waals surface area contributed by atoms with Crippen molar-refractivity contribution in [2.45, 2.75) is 59.0 Å². The Morgan fingerprint density at radius 2 is 1.33 bits per heavy atom. The number of hydrogen-bond donors (Lipinski definition) is 0. The predicted octanol–water partition coefficient (Wildman–Crippen LogP) is 6.07. The normalized spacial score (nSPS) is 11.8. The molecular formula is C25H32O5. The summed E-state index contributed by atoms with van der Waals surface area (Å²) in [5.41, 5.74) is 0.408. The summed E-state index contributed by atoms with van der Waals surface area (Å²) in [5.74, 6) is 0.592. The fraction of sp³-hybridized carbons (Fsp3) is 0.440. The maximum Gasteiger partial charge on any atom is 0.344 e. The summed E-state index contributed by atoms with van der Waals surface area (Å²) in [4.78, 5) is 25.5. The van der Waals surface area contributed by atoms with Crippen molar-refractivity contribution in [1.82, 2.24) is 0 Å². The Bertz CT molecular complexity index is 809. The first-order valence-corrected chi connectivity index (χ1v) is 10.7. The van der Waals surface area contributed by atoms with Gasteiger partial charge in [-0.1, -0.05) is 45.7 Å². The van der Waals surface area contributed by atoms with Crippen molar-refractivity contribution in [2.24, 2.45) is 5.92 Å². The molecule has 162 valence electrons. The smallest absolute Gasteiger partial charge is 0.344 e. The van der Waals surface area contributed by atoms with Crippen molar-refractivity contribution in [3.63, 3.8) is 0 Å². The Labute approximate surface area is 179 Å². The van der Waals surface area contributed by atoms with Crippen LogP contribution in [0.1, 0.15) is 73.6 Å². The van der Waals surface area contributed by atoms with E-state index in [-0.39, 0.29) is 17.2 Å². The number of rotatable bonds is 11. The first-order valence-electron chi connectivity index (χ1n) is 10.7. The molecule has 0 aliphatic carbocycles. The van der Waals surface area contributed by atoms with E-state index in [2.05, 4.69) is 13.8 Å². The number of carbonyl (C=O) groups is 2. The lowest BCUT2D eigenvalue weighted by molar-refractivity contribution is 0.0252. The van der Waals surface area contributed by atoms with Crippen LogP contribution < -0.4 is 9.47 Å². The highest BCUT2D eigenvalue weighted by molar-refractivity contribution is 6.03. The second-order valence-corrected chi connectivity index (χ2v) is 7.31. The zero-order valence-electron chi connectivity index (χ0n) is 18.4. The number of hydrogen-bond acceptors (Lipinski definition) is 5. The summed E-state index contributed by atoms with van der Waals surface area (Å²) in [6.07, 6.45) is 4.68. The van der Waals surface area contributed by atoms with Gasteiger partial charge in [-0.25, -0.2) is 9.59 Å². The summed E-state index contributed by atoms with van der Waals surface area (Å²) >= 11 is 0. The van der Waals surface area contributed by atoms with Crippen LogP contribution >= 0.6 is 0 Å². The van der Waals surface area contributed by atoms with E-state index in [0.29, 0.717) is 17.4 Å². The van der Waals surface area contributed by atoms with Gasteiger partial charge in [-0.2, -0.15) is 0 Å². The molecule has 5 nitrogen and oxygen atoms in total. The molecule has 2 aromatic carbocycles. The van der Waals surface area contributed by atoms with Crippen molar-refractivity contribution in [1.29, 1.82) is 0 Å². The fourth-order valence-electron chi connectivity index (χ4n) is 3.32. The van der Waals surface area contributed by atoms with E-state index in [4.69, 9.17) is 14.2 Å². The first kappa shape index (κ1) is 23.5. The Hall–Kier alpha value is -2.82. The van der Waals surface area contributed by atoms with Crippen molar-refractivity contribution in [3.05, 3.63) is 59.7 Å². The van der Waals surface area contributed by atoms with E-state index in [1.807, 2.05) is 6.92 Å². The molecule has 1 atom stereocenters. The maximum atomic E-state index is 12.8. The maximum absolute atomic E-state index is 12.8. The Balaban J connectivity index is 2.08. The molecule has 0 aromatic heterocycles. The number of esters is 2. The first-order chi connectivity index (χ1) is 14.5. The molecule has 30 heavy (non-hydrogen) atoms. The lowest BCUT2D eigenvalue weighted by atomic mass is 9.95. The summed E-state index contributed by atoms with van der Waals surface area (Å²) in [7, 11) is 1.57. The minimum atomic E-state index is -0.599. The molecule has 0 fully saturated rings. The van der Waals surface area contributed by atoms with Crippen molar-refractivity contribution in [3.8, 4) is 11.5 Å². The van der Waals surface area contributed by atoms with E-state index in [1.165, 1.54) is 0 Å². The Morgan fingerprint density at radius 1 is 0.767 bits per heavy atom. The van der Waals surface area contributed by atoms with Gasteiger partial charge in [0, 0.05) is 0 Å². The highest BCUT2D eigenvalue weighted by atomic mass is 16.5. The van der Waals surface area contributed by atoms with Gasteiger partial charge in [-0.05, 0) is 61.6 Å². The average molecular weight is 413 g/mol. The SMILES string of the molecule is CCC(CC)CCC(CC)OC(=O)c1ccccc1C(=O)Oc1ccc(OC)cc1. The van der Waals surface area contributed by atoms with Crippen LogP contribution in [0.3, 0.4) is 0 Å². The van der Waals surface area contributed by atoms with E-state index < -0.39 is 11.9 Å². The van der Waals surface area contributed by atoms with Crippen LogP contribution in [0.5, 0.6) is 11.5 Å². The Morgan fingerprint density at radius 3 is 1.87 bits per heavy atom. The lowest BCUT2D eigenvalue weighted by Crippen LogP contribution is -2.21. The van der Waals surface area contributed by atoms with Gasteiger partial charge in [0.2, 0.25) is 0 Å². The summed E-state index contributed by atoms with van der Waals surface area (Å²) < 4.78 is 16.3. The molecule has 2 aromatic rings. The van der Waals surface area contributed by atoms with Gasteiger partial charge in [-0.3, -0.25) is 0 Å². The van der Waals surface area contributed by atoms with Gasteiger partial charge >= 0.3 is 11.9 Å². The minimum absolute atomic E-state index is 0.163.